The van der Waals surface area contributed by atoms with Crippen LogP contribution in [0.2, 0.25) is 0 Å². The van der Waals surface area contributed by atoms with E-state index >= 15 is 0 Å². The molecule has 0 saturated heterocycles. The normalized spacial score (nSPS) is 9.62. The quantitative estimate of drug-likeness (QED) is 0.495. The second kappa shape index (κ2) is 8.31. The number of rotatable bonds is 7. The van der Waals surface area contributed by atoms with E-state index in [1.165, 1.54) is 11.8 Å². The predicted molar refractivity (Wildman–Crippen MR) is 62.0 cm³/mol. The number of nitrogens with two attached hydrogens (primary N) is 1. The van der Waals surface area contributed by atoms with Crippen molar-refractivity contribution in [3.8, 4) is 0 Å². The van der Waals surface area contributed by atoms with Crippen LogP contribution in [0.15, 0.2) is 0 Å². The van der Waals surface area contributed by atoms with Gasteiger partial charge >= 0.3 is 0 Å². The first-order chi connectivity index (χ1) is 6.16. The highest BCUT2D eigenvalue weighted by Crippen LogP contribution is 1.94. The Morgan fingerprint density at radius 1 is 1.54 bits per heavy atom. The molecule has 0 aromatic heterocycles. The molecule has 0 rings (SSSR count). The Morgan fingerprint density at radius 2 is 2.23 bits per heavy atom. The molecule has 0 bridgehead atoms. The Bertz CT molecular complexity index is 174. The molecule has 0 fully saturated rings. The van der Waals surface area contributed by atoms with Gasteiger partial charge in [0.25, 0.3) is 0 Å². The first kappa shape index (κ1) is 12.7. The van der Waals surface area contributed by atoms with Crippen LogP contribution in [0.1, 0.15) is 19.3 Å². The zero-order valence-corrected chi connectivity index (χ0v) is 9.47. The molecule has 0 radical (unpaired) electrons. The zero-order chi connectivity index (χ0) is 10.1. The largest absolute Gasteiger partial charge is 0.393 e. The van der Waals surface area contributed by atoms with Crippen molar-refractivity contribution in [3.63, 3.8) is 0 Å². The summed E-state index contributed by atoms with van der Waals surface area (Å²) in [5, 5.41) is 2.81. The highest BCUT2D eigenvalue weighted by atomic mass is 32.2. The Labute approximate surface area is 88.8 Å². The Balaban J connectivity index is 3.16. The summed E-state index contributed by atoms with van der Waals surface area (Å²) < 4.78 is 0. The van der Waals surface area contributed by atoms with Gasteiger partial charge in [0.1, 0.15) is 0 Å². The van der Waals surface area contributed by atoms with E-state index in [4.69, 9.17) is 18.0 Å². The third-order valence-electron chi connectivity index (χ3n) is 1.45. The minimum absolute atomic E-state index is 0.0998. The molecule has 0 unspecified atom stereocenters. The summed E-state index contributed by atoms with van der Waals surface area (Å²) in [5.41, 5.74) is 5.32. The van der Waals surface area contributed by atoms with E-state index in [0.717, 1.165) is 25.8 Å². The average molecular weight is 220 g/mol. The van der Waals surface area contributed by atoms with Gasteiger partial charge < -0.3 is 11.1 Å². The molecule has 0 saturated carbocycles. The van der Waals surface area contributed by atoms with Gasteiger partial charge in [0.15, 0.2) is 0 Å². The molecule has 13 heavy (non-hydrogen) atoms. The van der Waals surface area contributed by atoms with E-state index in [-0.39, 0.29) is 5.91 Å². The summed E-state index contributed by atoms with van der Waals surface area (Å²) in [4.78, 5) is 11.5. The van der Waals surface area contributed by atoms with Gasteiger partial charge in [-0.15, -0.1) is 0 Å². The molecule has 0 heterocycles. The lowest BCUT2D eigenvalue weighted by Crippen LogP contribution is -2.26. The number of amides is 1. The molecule has 1 amide bonds. The smallest absolute Gasteiger partial charge is 0.229 e. The molecular formula is C8H16N2OS2. The van der Waals surface area contributed by atoms with Crippen LogP contribution >= 0.6 is 24.0 Å². The van der Waals surface area contributed by atoms with E-state index in [1.807, 2.05) is 6.26 Å². The number of thioether (sulfide) groups is 1. The van der Waals surface area contributed by atoms with Crippen molar-refractivity contribution in [2.45, 2.75) is 19.3 Å². The van der Waals surface area contributed by atoms with E-state index in [2.05, 4.69) is 5.32 Å². The van der Waals surface area contributed by atoms with Crippen LogP contribution in [-0.2, 0) is 4.79 Å². The van der Waals surface area contributed by atoms with Crippen molar-refractivity contribution >= 4 is 34.9 Å². The van der Waals surface area contributed by atoms with Gasteiger partial charge in [-0.2, -0.15) is 11.8 Å². The number of carbonyl (C=O) groups is 1. The summed E-state index contributed by atoms with van der Waals surface area (Å²) in [6.45, 7) is 0.724. The SMILES string of the molecule is CSCC(=O)NCCCCC(N)=S. The number of nitrogens with one attached hydrogen (secondary N) is 1. The average Bonchev–Trinajstić information content (AvgIpc) is 2.03. The second-order valence-electron chi connectivity index (χ2n) is 2.71. The van der Waals surface area contributed by atoms with Crippen molar-refractivity contribution in [1.29, 1.82) is 0 Å². The Kier molecular flexibility index (Phi) is 8.13. The van der Waals surface area contributed by atoms with Crippen LogP contribution < -0.4 is 11.1 Å². The van der Waals surface area contributed by atoms with Gasteiger partial charge in [0.2, 0.25) is 5.91 Å². The van der Waals surface area contributed by atoms with E-state index in [1.54, 1.807) is 0 Å². The van der Waals surface area contributed by atoms with E-state index in [9.17, 15) is 4.79 Å². The van der Waals surface area contributed by atoms with Gasteiger partial charge in [-0.3, -0.25) is 4.79 Å². The molecule has 0 aliphatic carbocycles. The topological polar surface area (TPSA) is 55.1 Å². The third kappa shape index (κ3) is 9.63. The number of thiocarbonyl (C=S) groups is 1. The van der Waals surface area contributed by atoms with Gasteiger partial charge in [-0.25, -0.2) is 0 Å². The monoisotopic (exact) mass is 220 g/mol. The number of hydrogen-bond donors (Lipinski definition) is 2. The summed E-state index contributed by atoms with van der Waals surface area (Å²) in [6.07, 6.45) is 4.58. The van der Waals surface area contributed by atoms with Crippen LogP contribution in [0.3, 0.4) is 0 Å². The third-order valence-corrected chi connectivity index (χ3v) is 2.20. The molecule has 0 atom stereocenters. The minimum atomic E-state index is 0.0998. The van der Waals surface area contributed by atoms with Gasteiger partial charge in [0, 0.05) is 6.54 Å². The molecule has 3 N–H and O–H groups in total. The molecule has 0 aromatic carbocycles. The molecule has 0 aliphatic rings. The van der Waals surface area contributed by atoms with Crippen LogP contribution in [0, 0.1) is 0 Å². The van der Waals surface area contributed by atoms with Crippen molar-refractivity contribution in [1.82, 2.24) is 5.32 Å². The molecule has 5 heteroatoms. The van der Waals surface area contributed by atoms with Gasteiger partial charge in [0.05, 0.1) is 10.7 Å². The fourth-order valence-electron chi connectivity index (χ4n) is 0.834. The summed E-state index contributed by atoms with van der Waals surface area (Å²) in [7, 11) is 0. The predicted octanol–water partition coefficient (Wildman–Crippen LogP) is 0.922. The maximum absolute atomic E-state index is 11.0. The van der Waals surface area contributed by atoms with E-state index in [0.29, 0.717) is 10.7 Å². The summed E-state index contributed by atoms with van der Waals surface area (Å²) in [6, 6.07) is 0. The fraction of sp³-hybridized carbons (Fsp3) is 0.750. The summed E-state index contributed by atoms with van der Waals surface area (Å²) in [5.74, 6) is 0.637. The lowest BCUT2D eigenvalue weighted by Gasteiger charge is -2.03. The summed E-state index contributed by atoms with van der Waals surface area (Å²) >= 11 is 6.25. The molecule has 0 spiro atoms. The van der Waals surface area contributed by atoms with Gasteiger partial charge in [-0.05, 0) is 25.5 Å². The molecule has 76 valence electrons. The van der Waals surface area contributed by atoms with Gasteiger partial charge in [-0.1, -0.05) is 12.2 Å². The van der Waals surface area contributed by atoms with Crippen molar-refractivity contribution in [2.24, 2.45) is 5.73 Å². The molecular weight excluding hydrogens is 204 g/mol. The highest BCUT2D eigenvalue weighted by Gasteiger charge is 1.97. The standard InChI is InChI=1S/C8H16N2OS2/c1-13-6-8(11)10-5-3-2-4-7(9)12/h2-6H2,1H3,(H2,9,12)(H,10,11). The van der Waals surface area contributed by atoms with Crippen LogP contribution in [0.5, 0.6) is 0 Å². The van der Waals surface area contributed by atoms with Crippen molar-refractivity contribution in [2.75, 3.05) is 18.6 Å². The fourth-order valence-corrected chi connectivity index (χ4v) is 1.34. The first-order valence-corrected chi connectivity index (χ1v) is 6.01. The van der Waals surface area contributed by atoms with Crippen LogP contribution in [0.4, 0.5) is 0 Å². The maximum atomic E-state index is 11.0. The lowest BCUT2D eigenvalue weighted by atomic mass is 10.2. The number of carbonyl (C=O) groups excluding carboxylic acids is 1. The second-order valence-corrected chi connectivity index (χ2v) is 4.10. The molecule has 3 nitrogen and oxygen atoms in total. The van der Waals surface area contributed by atoms with Crippen molar-refractivity contribution < 1.29 is 4.79 Å². The zero-order valence-electron chi connectivity index (χ0n) is 7.84. The van der Waals surface area contributed by atoms with E-state index < -0.39 is 0 Å². The minimum Gasteiger partial charge on any atom is -0.393 e. The number of unbranched alkanes of at least 4 members (excludes halogenated alkanes) is 1. The van der Waals surface area contributed by atoms with Crippen LogP contribution in [0.25, 0.3) is 0 Å². The van der Waals surface area contributed by atoms with Crippen molar-refractivity contribution in [3.05, 3.63) is 0 Å². The Hall–Kier alpha value is -0.290. The van der Waals surface area contributed by atoms with Crippen LogP contribution in [-0.4, -0.2) is 29.4 Å². The lowest BCUT2D eigenvalue weighted by molar-refractivity contribution is -0.118. The Morgan fingerprint density at radius 3 is 2.77 bits per heavy atom. The first-order valence-electron chi connectivity index (χ1n) is 4.20. The maximum Gasteiger partial charge on any atom is 0.229 e. The number of hydrogen-bond acceptors (Lipinski definition) is 3. The molecule has 0 aliphatic heterocycles. The molecule has 0 aromatic rings. The highest BCUT2D eigenvalue weighted by molar-refractivity contribution is 7.99.